The van der Waals surface area contributed by atoms with Gasteiger partial charge >= 0.3 is 0 Å². The molecule has 1 heterocycles. The van der Waals surface area contributed by atoms with Crippen LogP contribution < -0.4 is 0 Å². The summed E-state index contributed by atoms with van der Waals surface area (Å²) in [6, 6.07) is 7.64. The van der Waals surface area contributed by atoms with Crippen LogP contribution in [0, 0.1) is 0 Å². The van der Waals surface area contributed by atoms with E-state index >= 15 is 0 Å². The van der Waals surface area contributed by atoms with E-state index in [0.717, 1.165) is 24.8 Å². The van der Waals surface area contributed by atoms with Crippen LogP contribution >= 0.6 is 11.6 Å². The Labute approximate surface area is 124 Å². The smallest absolute Gasteiger partial charge is 0.233 e. The highest BCUT2D eigenvalue weighted by atomic mass is 35.5. The molecule has 0 aromatic heterocycles. The second-order valence-electron chi connectivity index (χ2n) is 6.19. The highest BCUT2D eigenvalue weighted by Crippen LogP contribution is 2.47. The molecule has 0 radical (unpaired) electrons. The number of hydrogen-bond acceptors (Lipinski definition) is 2. The Morgan fingerprint density at radius 2 is 2.10 bits per heavy atom. The van der Waals surface area contributed by atoms with Gasteiger partial charge in [-0.15, -0.1) is 0 Å². The Bertz CT molecular complexity index is 533. The summed E-state index contributed by atoms with van der Waals surface area (Å²) in [5, 5.41) is 10.8. The molecule has 0 spiro atoms. The third-order valence-electron chi connectivity index (χ3n) is 4.91. The van der Waals surface area contributed by atoms with Crippen LogP contribution in [0.5, 0.6) is 0 Å². The number of β-amino-alcohol motifs (C(OH)–C–C–N with tert-alkyl or cyclic N) is 1. The molecule has 3 nitrogen and oxygen atoms in total. The van der Waals surface area contributed by atoms with Gasteiger partial charge in [0, 0.05) is 5.02 Å². The Balaban J connectivity index is 1.82. The molecule has 3 rings (SSSR count). The van der Waals surface area contributed by atoms with Crippen molar-refractivity contribution in [2.75, 3.05) is 13.1 Å². The molecule has 2 fully saturated rings. The van der Waals surface area contributed by atoms with Gasteiger partial charge in [0.2, 0.25) is 5.91 Å². The van der Waals surface area contributed by atoms with Crippen LogP contribution in [0.2, 0.25) is 5.02 Å². The lowest BCUT2D eigenvalue weighted by Gasteiger charge is -2.52. The lowest BCUT2D eigenvalue weighted by atomic mass is 9.63. The predicted molar refractivity (Wildman–Crippen MR) is 78.8 cm³/mol. The summed E-state index contributed by atoms with van der Waals surface area (Å²) in [6.07, 6.45) is 3.53. The largest absolute Gasteiger partial charge is 0.386 e. The van der Waals surface area contributed by atoms with Gasteiger partial charge < -0.3 is 10.0 Å². The first-order valence-electron chi connectivity index (χ1n) is 7.27. The van der Waals surface area contributed by atoms with Gasteiger partial charge in [-0.05, 0) is 37.0 Å². The van der Waals surface area contributed by atoms with Crippen molar-refractivity contribution < 1.29 is 9.90 Å². The molecule has 4 heteroatoms. The summed E-state index contributed by atoms with van der Waals surface area (Å²) >= 11 is 6.07. The van der Waals surface area contributed by atoms with Gasteiger partial charge in [0.1, 0.15) is 0 Å². The number of carbonyl (C=O) groups excluding carboxylic acids is 1. The Kier molecular flexibility index (Phi) is 3.30. The van der Waals surface area contributed by atoms with Crippen molar-refractivity contribution in [1.29, 1.82) is 0 Å². The number of carbonyl (C=O) groups is 1. The van der Waals surface area contributed by atoms with Crippen molar-refractivity contribution in [3.05, 3.63) is 34.9 Å². The van der Waals surface area contributed by atoms with Gasteiger partial charge in [0.25, 0.3) is 0 Å². The lowest BCUT2D eigenvalue weighted by Crippen LogP contribution is -2.67. The molecule has 1 N–H and O–H groups in total. The standard InChI is InChI=1S/C16H20ClNO2/c1-2-15(20)10-18(11-15)14(19)16(7-4-8-16)12-5-3-6-13(17)9-12/h3,5-6,9,20H,2,4,7-8,10-11H2,1H3. The number of amides is 1. The van der Waals surface area contributed by atoms with Gasteiger partial charge in [-0.3, -0.25) is 4.79 Å². The zero-order valence-electron chi connectivity index (χ0n) is 11.7. The first-order valence-corrected chi connectivity index (χ1v) is 7.65. The van der Waals surface area contributed by atoms with E-state index in [-0.39, 0.29) is 5.91 Å². The maximum atomic E-state index is 12.8. The summed E-state index contributed by atoms with van der Waals surface area (Å²) in [5.41, 5.74) is -0.0530. The molecule has 1 saturated heterocycles. The SMILES string of the molecule is CCC1(O)CN(C(=O)C2(c3cccc(Cl)c3)CCC2)C1. The number of likely N-dealkylation sites (tertiary alicyclic amines) is 1. The van der Waals surface area contributed by atoms with E-state index in [1.54, 1.807) is 4.90 Å². The topological polar surface area (TPSA) is 40.5 Å². The average Bonchev–Trinajstić information content (AvgIpc) is 2.33. The Morgan fingerprint density at radius 1 is 1.40 bits per heavy atom. The number of halogens is 1. The van der Waals surface area contributed by atoms with Crippen LogP contribution in [0.25, 0.3) is 0 Å². The molecule has 0 bridgehead atoms. The maximum absolute atomic E-state index is 12.8. The van der Waals surface area contributed by atoms with E-state index in [2.05, 4.69) is 0 Å². The normalized spacial score (nSPS) is 22.9. The molecule has 1 aromatic carbocycles. The Hall–Kier alpha value is -1.06. The highest BCUT2D eigenvalue weighted by Gasteiger charge is 2.52. The third-order valence-corrected chi connectivity index (χ3v) is 5.14. The van der Waals surface area contributed by atoms with Crippen molar-refractivity contribution in [2.24, 2.45) is 0 Å². The summed E-state index contributed by atoms with van der Waals surface area (Å²) in [4.78, 5) is 14.6. The molecule has 0 atom stereocenters. The molecule has 20 heavy (non-hydrogen) atoms. The third kappa shape index (κ3) is 2.04. The van der Waals surface area contributed by atoms with Crippen molar-refractivity contribution in [3.63, 3.8) is 0 Å². The van der Waals surface area contributed by atoms with Gasteiger partial charge in [0.15, 0.2) is 0 Å². The number of rotatable bonds is 3. The fourth-order valence-electron chi connectivity index (χ4n) is 3.28. The Morgan fingerprint density at radius 3 is 2.60 bits per heavy atom. The predicted octanol–water partition coefficient (Wildman–Crippen LogP) is 2.75. The molecular formula is C16H20ClNO2. The van der Waals surface area contributed by atoms with E-state index in [0.29, 0.717) is 24.5 Å². The quantitative estimate of drug-likeness (QED) is 0.931. The van der Waals surface area contributed by atoms with Crippen molar-refractivity contribution in [2.45, 2.75) is 43.6 Å². The van der Waals surface area contributed by atoms with E-state index in [4.69, 9.17) is 11.6 Å². The van der Waals surface area contributed by atoms with E-state index in [9.17, 15) is 9.90 Å². The molecule has 1 aliphatic heterocycles. The maximum Gasteiger partial charge on any atom is 0.233 e. The molecule has 2 aliphatic rings. The van der Waals surface area contributed by atoms with Crippen molar-refractivity contribution >= 4 is 17.5 Å². The zero-order chi connectivity index (χ0) is 14.4. The van der Waals surface area contributed by atoms with Crippen molar-refractivity contribution in [3.8, 4) is 0 Å². The molecule has 1 saturated carbocycles. The molecular weight excluding hydrogens is 274 g/mol. The fourth-order valence-corrected chi connectivity index (χ4v) is 3.47. The van der Waals surface area contributed by atoms with Crippen molar-refractivity contribution in [1.82, 2.24) is 4.90 Å². The minimum Gasteiger partial charge on any atom is -0.386 e. The fraction of sp³-hybridized carbons (Fsp3) is 0.562. The number of benzene rings is 1. The van der Waals surface area contributed by atoms with Gasteiger partial charge in [-0.25, -0.2) is 0 Å². The summed E-state index contributed by atoms with van der Waals surface area (Å²) < 4.78 is 0. The average molecular weight is 294 g/mol. The molecule has 1 aliphatic carbocycles. The summed E-state index contributed by atoms with van der Waals surface area (Å²) in [5.74, 6) is 0.157. The summed E-state index contributed by atoms with van der Waals surface area (Å²) in [7, 11) is 0. The van der Waals surface area contributed by atoms with Crippen LogP contribution in [-0.4, -0.2) is 34.6 Å². The molecule has 108 valence electrons. The van der Waals surface area contributed by atoms with Crippen LogP contribution in [0.15, 0.2) is 24.3 Å². The molecule has 1 aromatic rings. The first-order chi connectivity index (χ1) is 9.49. The summed E-state index contributed by atoms with van der Waals surface area (Å²) in [6.45, 7) is 2.88. The monoisotopic (exact) mass is 293 g/mol. The van der Waals surface area contributed by atoms with Gasteiger partial charge in [0.05, 0.1) is 24.1 Å². The van der Waals surface area contributed by atoms with E-state index in [1.807, 2.05) is 31.2 Å². The van der Waals surface area contributed by atoms with E-state index < -0.39 is 11.0 Å². The van der Waals surface area contributed by atoms with Crippen LogP contribution in [0.4, 0.5) is 0 Å². The first kappa shape index (κ1) is 13.9. The van der Waals surface area contributed by atoms with E-state index in [1.165, 1.54) is 0 Å². The minimum atomic E-state index is -0.672. The molecule has 0 unspecified atom stereocenters. The van der Waals surface area contributed by atoms with Crippen LogP contribution in [0.1, 0.15) is 38.2 Å². The van der Waals surface area contributed by atoms with Gasteiger partial charge in [-0.1, -0.05) is 37.1 Å². The molecule has 1 amide bonds. The highest BCUT2D eigenvalue weighted by molar-refractivity contribution is 6.30. The minimum absolute atomic E-state index is 0.157. The van der Waals surface area contributed by atoms with Crippen LogP contribution in [0.3, 0.4) is 0 Å². The number of aliphatic hydroxyl groups is 1. The number of nitrogens with zero attached hydrogens (tertiary/aromatic N) is 1. The number of hydrogen-bond donors (Lipinski definition) is 1. The lowest BCUT2D eigenvalue weighted by molar-refractivity contribution is -0.165. The van der Waals surface area contributed by atoms with Crippen LogP contribution in [-0.2, 0) is 10.2 Å². The zero-order valence-corrected chi connectivity index (χ0v) is 12.5. The second kappa shape index (κ2) is 4.74. The van der Waals surface area contributed by atoms with Gasteiger partial charge in [-0.2, -0.15) is 0 Å². The second-order valence-corrected chi connectivity index (χ2v) is 6.62.